The van der Waals surface area contributed by atoms with Crippen LogP contribution in [-0.4, -0.2) is 23.4 Å². The fourth-order valence-electron chi connectivity index (χ4n) is 2.74. The molecule has 1 aromatic rings. The summed E-state index contributed by atoms with van der Waals surface area (Å²) >= 11 is 5.65. The summed E-state index contributed by atoms with van der Waals surface area (Å²) in [6.45, 7) is 0.891. The third-order valence-electron chi connectivity index (χ3n) is 3.45. The number of nitrogens with zero attached hydrogens (tertiary/aromatic N) is 1. The number of hydrogen-bond donors (Lipinski definition) is 0. The highest BCUT2D eigenvalue weighted by atomic mass is 35.5. The van der Waals surface area contributed by atoms with Crippen LogP contribution in [0.15, 0.2) is 16.5 Å². The third kappa shape index (κ3) is 1.46. The molecule has 3 rings (SSSR count). The van der Waals surface area contributed by atoms with Gasteiger partial charge in [-0.3, -0.25) is 4.79 Å². The molecule has 1 saturated carbocycles. The van der Waals surface area contributed by atoms with Gasteiger partial charge in [0, 0.05) is 12.6 Å². The molecule has 0 radical (unpaired) electrons. The number of rotatable bonds is 1. The van der Waals surface area contributed by atoms with Crippen LogP contribution in [0.1, 0.15) is 29.8 Å². The van der Waals surface area contributed by atoms with Crippen LogP contribution in [0.25, 0.3) is 0 Å². The average molecular weight is 226 g/mol. The van der Waals surface area contributed by atoms with Crippen molar-refractivity contribution in [2.45, 2.75) is 25.3 Å². The monoisotopic (exact) mass is 225 g/mol. The lowest BCUT2D eigenvalue weighted by molar-refractivity contribution is 0.0671. The molecule has 4 heteroatoms. The summed E-state index contributed by atoms with van der Waals surface area (Å²) in [7, 11) is 0. The Morgan fingerprint density at radius 2 is 2.33 bits per heavy atom. The normalized spacial score (nSPS) is 28.7. The molecule has 2 heterocycles. The molecule has 0 spiro atoms. The molecule has 0 N–H and O–H groups in total. The Kier molecular flexibility index (Phi) is 2.02. The van der Waals surface area contributed by atoms with E-state index in [-0.39, 0.29) is 11.1 Å². The predicted octanol–water partition coefficient (Wildman–Crippen LogP) is 2.56. The van der Waals surface area contributed by atoms with Crippen LogP contribution in [0.4, 0.5) is 0 Å². The summed E-state index contributed by atoms with van der Waals surface area (Å²) in [4.78, 5) is 14.0. The molecule has 15 heavy (non-hydrogen) atoms. The van der Waals surface area contributed by atoms with Gasteiger partial charge in [-0.25, -0.2) is 0 Å². The van der Waals surface area contributed by atoms with Crippen LogP contribution in [0.2, 0.25) is 5.22 Å². The molecular weight excluding hydrogens is 214 g/mol. The zero-order valence-corrected chi connectivity index (χ0v) is 9.04. The maximum Gasteiger partial charge on any atom is 0.289 e. The standard InChI is InChI=1S/C11H12ClNO2/c12-10-4-3-9(15-10)11(14)13-6-7-1-2-8(13)5-7/h3-4,7-8H,1-2,5-6H2. The van der Waals surface area contributed by atoms with Crippen molar-refractivity contribution in [2.75, 3.05) is 6.54 Å². The Morgan fingerprint density at radius 3 is 2.87 bits per heavy atom. The number of likely N-dealkylation sites (tertiary alicyclic amines) is 1. The molecule has 2 aliphatic rings. The van der Waals surface area contributed by atoms with E-state index in [0.29, 0.717) is 17.7 Å². The van der Waals surface area contributed by atoms with Gasteiger partial charge >= 0.3 is 0 Å². The van der Waals surface area contributed by atoms with E-state index >= 15 is 0 Å². The van der Waals surface area contributed by atoms with Crippen LogP contribution in [0.3, 0.4) is 0 Å². The first kappa shape index (κ1) is 9.28. The van der Waals surface area contributed by atoms with Crippen LogP contribution in [0, 0.1) is 5.92 Å². The number of piperidine rings is 1. The van der Waals surface area contributed by atoms with E-state index in [1.54, 1.807) is 12.1 Å². The second-order valence-electron chi connectivity index (χ2n) is 4.39. The number of amides is 1. The van der Waals surface area contributed by atoms with Crippen LogP contribution < -0.4 is 0 Å². The third-order valence-corrected chi connectivity index (χ3v) is 3.66. The highest BCUT2D eigenvalue weighted by molar-refractivity contribution is 6.29. The zero-order valence-electron chi connectivity index (χ0n) is 8.28. The van der Waals surface area contributed by atoms with Crippen molar-refractivity contribution in [1.29, 1.82) is 0 Å². The minimum atomic E-state index is -0.00546. The molecule has 2 atom stereocenters. The van der Waals surface area contributed by atoms with Gasteiger partial charge in [0.25, 0.3) is 5.91 Å². The number of hydrogen-bond acceptors (Lipinski definition) is 2. The van der Waals surface area contributed by atoms with E-state index in [9.17, 15) is 4.79 Å². The number of fused-ring (bicyclic) bond motifs is 2. The van der Waals surface area contributed by atoms with Crippen molar-refractivity contribution in [3.05, 3.63) is 23.1 Å². The average Bonchev–Trinajstić information content (AvgIpc) is 2.90. The van der Waals surface area contributed by atoms with Gasteiger partial charge in [-0.2, -0.15) is 0 Å². The van der Waals surface area contributed by atoms with E-state index in [0.717, 1.165) is 13.0 Å². The molecule has 3 nitrogen and oxygen atoms in total. The van der Waals surface area contributed by atoms with Crippen molar-refractivity contribution in [1.82, 2.24) is 4.90 Å². The van der Waals surface area contributed by atoms with Gasteiger partial charge in [-0.1, -0.05) is 0 Å². The fourth-order valence-corrected chi connectivity index (χ4v) is 2.89. The van der Waals surface area contributed by atoms with Crippen molar-refractivity contribution in [3.8, 4) is 0 Å². The lowest BCUT2D eigenvalue weighted by Gasteiger charge is -2.25. The van der Waals surface area contributed by atoms with Crippen molar-refractivity contribution in [3.63, 3.8) is 0 Å². The molecule has 0 aromatic carbocycles. The van der Waals surface area contributed by atoms with Gasteiger partial charge < -0.3 is 9.32 Å². The summed E-state index contributed by atoms with van der Waals surface area (Å²) in [5.74, 6) is 1.08. The Balaban J connectivity index is 1.81. The van der Waals surface area contributed by atoms with E-state index in [4.69, 9.17) is 16.0 Å². The van der Waals surface area contributed by atoms with Crippen LogP contribution in [-0.2, 0) is 0 Å². The van der Waals surface area contributed by atoms with E-state index in [2.05, 4.69) is 0 Å². The van der Waals surface area contributed by atoms with Gasteiger partial charge in [0.2, 0.25) is 0 Å². The van der Waals surface area contributed by atoms with E-state index in [1.165, 1.54) is 12.8 Å². The minimum Gasteiger partial charge on any atom is -0.440 e. The molecule has 1 aromatic heterocycles. The Hall–Kier alpha value is -0.960. The Labute approximate surface area is 93.0 Å². The van der Waals surface area contributed by atoms with Gasteiger partial charge in [-0.15, -0.1) is 0 Å². The second-order valence-corrected chi connectivity index (χ2v) is 4.77. The summed E-state index contributed by atoms with van der Waals surface area (Å²) in [6.07, 6.45) is 3.58. The van der Waals surface area contributed by atoms with Gasteiger partial charge in [0.05, 0.1) is 0 Å². The van der Waals surface area contributed by atoms with Crippen molar-refractivity contribution >= 4 is 17.5 Å². The van der Waals surface area contributed by atoms with Crippen LogP contribution in [0.5, 0.6) is 0 Å². The molecule has 80 valence electrons. The highest BCUT2D eigenvalue weighted by Crippen LogP contribution is 2.38. The van der Waals surface area contributed by atoms with Gasteiger partial charge in [0.15, 0.2) is 11.0 Å². The van der Waals surface area contributed by atoms with E-state index in [1.807, 2.05) is 4.90 Å². The smallest absolute Gasteiger partial charge is 0.289 e. The zero-order chi connectivity index (χ0) is 10.4. The fraction of sp³-hybridized carbons (Fsp3) is 0.545. The molecule has 1 amide bonds. The van der Waals surface area contributed by atoms with E-state index < -0.39 is 0 Å². The second kappa shape index (κ2) is 3.27. The quantitative estimate of drug-likeness (QED) is 0.736. The maximum atomic E-state index is 12.0. The van der Waals surface area contributed by atoms with Crippen molar-refractivity contribution < 1.29 is 9.21 Å². The molecule has 2 unspecified atom stereocenters. The number of carbonyl (C=O) groups excluding carboxylic acids is 1. The minimum absolute atomic E-state index is 0.00546. The first-order chi connectivity index (χ1) is 7.24. The SMILES string of the molecule is O=C(c1ccc(Cl)o1)N1CC2CCC1C2. The first-order valence-corrected chi connectivity index (χ1v) is 5.68. The number of halogens is 1. The Morgan fingerprint density at radius 1 is 1.47 bits per heavy atom. The lowest BCUT2D eigenvalue weighted by Crippen LogP contribution is -2.37. The first-order valence-electron chi connectivity index (χ1n) is 5.30. The van der Waals surface area contributed by atoms with Gasteiger partial charge in [-0.05, 0) is 48.9 Å². The molecular formula is C11H12ClNO2. The maximum absolute atomic E-state index is 12.0. The topological polar surface area (TPSA) is 33.5 Å². The largest absolute Gasteiger partial charge is 0.440 e. The summed E-state index contributed by atoms with van der Waals surface area (Å²) < 4.78 is 5.14. The molecule has 1 aliphatic heterocycles. The lowest BCUT2D eigenvalue weighted by atomic mass is 10.1. The molecule has 1 aliphatic carbocycles. The molecule has 2 bridgehead atoms. The van der Waals surface area contributed by atoms with Crippen LogP contribution >= 0.6 is 11.6 Å². The molecule has 1 saturated heterocycles. The number of furan rings is 1. The Bertz CT molecular complexity index is 401. The molecule has 2 fully saturated rings. The van der Waals surface area contributed by atoms with Gasteiger partial charge in [0.1, 0.15) is 0 Å². The summed E-state index contributed by atoms with van der Waals surface area (Å²) in [5, 5.41) is 0.280. The summed E-state index contributed by atoms with van der Waals surface area (Å²) in [5.41, 5.74) is 0. The number of carbonyl (C=O) groups is 1. The highest BCUT2D eigenvalue weighted by Gasteiger charge is 2.41. The summed E-state index contributed by atoms with van der Waals surface area (Å²) in [6, 6.07) is 3.70. The van der Waals surface area contributed by atoms with Crippen molar-refractivity contribution in [2.24, 2.45) is 5.92 Å². The predicted molar refractivity (Wildman–Crippen MR) is 55.9 cm³/mol.